The summed E-state index contributed by atoms with van der Waals surface area (Å²) in [7, 11) is 0. The molecule has 0 spiro atoms. The second-order valence-electron chi connectivity index (χ2n) is 11.5. The molecule has 5 nitrogen and oxygen atoms in total. The number of carbonyl (C=O) groups excluding carboxylic acids is 1. The number of halogens is 3. The van der Waals surface area contributed by atoms with Crippen LogP contribution in [0.4, 0.5) is 13.2 Å². The van der Waals surface area contributed by atoms with Gasteiger partial charge in [-0.25, -0.2) is 18.4 Å². The molecule has 1 fully saturated rings. The van der Waals surface area contributed by atoms with Gasteiger partial charge in [-0.15, -0.1) is 0 Å². The Hall–Kier alpha value is -3.03. The van der Waals surface area contributed by atoms with Crippen LogP contribution in [0.2, 0.25) is 0 Å². The van der Waals surface area contributed by atoms with E-state index in [1.54, 1.807) is 12.1 Å². The monoisotopic (exact) mass is 590 g/mol. The molecule has 0 saturated heterocycles. The third-order valence-corrected chi connectivity index (χ3v) is 8.48. The Kier molecular flexibility index (Phi) is 13.2. The van der Waals surface area contributed by atoms with E-state index < -0.39 is 40.7 Å². The Morgan fingerprint density at radius 2 is 1.55 bits per heavy atom. The minimum absolute atomic E-state index is 0.106. The van der Waals surface area contributed by atoms with Crippen molar-refractivity contribution in [3.8, 4) is 11.5 Å². The van der Waals surface area contributed by atoms with Gasteiger partial charge in [-0.3, -0.25) is 0 Å². The van der Waals surface area contributed by atoms with Gasteiger partial charge in [0.2, 0.25) is 11.5 Å². The van der Waals surface area contributed by atoms with Crippen LogP contribution < -0.4 is 9.47 Å². The number of alkyl halides is 1. The second-order valence-corrected chi connectivity index (χ2v) is 11.5. The summed E-state index contributed by atoms with van der Waals surface area (Å²) < 4.78 is 55.9. The fourth-order valence-corrected chi connectivity index (χ4v) is 5.86. The zero-order valence-electron chi connectivity index (χ0n) is 24.9. The third kappa shape index (κ3) is 8.98. The van der Waals surface area contributed by atoms with Gasteiger partial charge in [-0.2, -0.15) is 4.39 Å². The van der Waals surface area contributed by atoms with Crippen molar-refractivity contribution in [2.24, 2.45) is 5.92 Å². The molecule has 1 aliphatic carbocycles. The highest BCUT2D eigenvalue weighted by molar-refractivity contribution is 5.91. The summed E-state index contributed by atoms with van der Waals surface area (Å²) in [5.74, 6) is -6.05. The first-order valence-electron chi connectivity index (χ1n) is 15.6. The van der Waals surface area contributed by atoms with Crippen molar-refractivity contribution >= 4 is 11.9 Å². The van der Waals surface area contributed by atoms with Gasteiger partial charge in [0.1, 0.15) is 5.75 Å². The number of benzene rings is 2. The summed E-state index contributed by atoms with van der Waals surface area (Å²) in [5.41, 5.74) is -2.14. The number of carboxylic acids is 1. The predicted molar refractivity (Wildman–Crippen MR) is 157 cm³/mol. The average molecular weight is 591 g/mol. The van der Waals surface area contributed by atoms with Crippen LogP contribution in [-0.4, -0.2) is 29.3 Å². The zero-order valence-corrected chi connectivity index (χ0v) is 24.9. The van der Waals surface area contributed by atoms with E-state index in [9.17, 15) is 23.5 Å². The van der Waals surface area contributed by atoms with Gasteiger partial charge in [0, 0.05) is 5.92 Å². The number of unbranched alkanes of at least 4 members (excludes halogenated alkanes) is 6. The summed E-state index contributed by atoms with van der Waals surface area (Å²) in [4.78, 5) is 24.6. The van der Waals surface area contributed by atoms with Gasteiger partial charge < -0.3 is 14.6 Å². The van der Waals surface area contributed by atoms with E-state index in [1.807, 2.05) is 6.92 Å². The molecule has 1 unspecified atom stereocenters. The van der Waals surface area contributed by atoms with E-state index in [1.165, 1.54) is 37.5 Å². The Labute approximate surface area is 247 Å². The number of carboxylic acid groups (broad SMARTS) is 1. The molecule has 1 saturated carbocycles. The Balaban J connectivity index is 1.58. The molecule has 2 aromatic rings. The maximum absolute atomic E-state index is 15.9. The molecule has 232 valence electrons. The number of esters is 1. The summed E-state index contributed by atoms with van der Waals surface area (Å²) in [6, 6.07) is 8.65. The van der Waals surface area contributed by atoms with E-state index >= 15 is 4.39 Å². The van der Waals surface area contributed by atoms with Crippen LogP contribution in [0.1, 0.15) is 126 Å². The zero-order chi connectivity index (χ0) is 30.5. The summed E-state index contributed by atoms with van der Waals surface area (Å²) in [6.07, 6.45) is 11.7. The molecular formula is C34H45F3O5. The van der Waals surface area contributed by atoms with E-state index in [-0.39, 0.29) is 30.4 Å². The molecule has 3 rings (SSSR count). The maximum Gasteiger partial charge on any atom is 0.346 e. The van der Waals surface area contributed by atoms with Crippen LogP contribution >= 0.6 is 0 Å². The van der Waals surface area contributed by atoms with Gasteiger partial charge in [-0.05, 0) is 67.9 Å². The number of aliphatic carboxylic acids is 1. The lowest BCUT2D eigenvalue weighted by molar-refractivity contribution is -0.157. The smallest absolute Gasteiger partial charge is 0.346 e. The molecule has 0 heterocycles. The highest BCUT2D eigenvalue weighted by Gasteiger charge is 2.48. The topological polar surface area (TPSA) is 72.8 Å². The SMILES string of the molecule is CCCCCCCCCOc1ccc(C(=O)Oc2ccc(C(CC)C[C@](F)(C(=O)O)C3CCCCC3)cc2)c(F)c1F. The Morgan fingerprint density at radius 3 is 2.17 bits per heavy atom. The van der Waals surface area contributed by atoms with Crippen molar-refractivity contribution in [2.45, 2.75) is 115 Å². The number of ether oxygens (including phenoxy) is 2. The minimum atomic E-state index is -2.31. The molecule has 0 amide bonds. The molecule has 0 bridgehead atoms. The van der Waals surface area contributed by atoms with Gasteiger partial charge in [-0.1, -0.05) is 83.8 Å². The van der Waals surface area contributed by atoms with Crippen molar-refractivity contribution in [3.63, 3.8) is 0 Å². The Morgan fingerprint density at radius 1 is 0.905 bits per heavy atom. The van der Waals surface area contributed by atoms with Crippen molar-refractivity contribution in [1.29, 1.82) is 0 Å². The molecule has 0 radical (unpaired) electrons. The molecule has 0 aliphatic heterocycles. The van der Waals surface area contributed by atoms with E-state index in [2.05, 4.69) is 6.92 Å². The lowest BCUT2D eigenvalue weighted by Gasteiger charge is -2.35. The first-order valence-corrected chi connectivity index (χ1v) is 15.6. The first kappa shape index (κ1) is 33.5. The van der Waals surface area contributed by atoms with E-state index in [0.717, 1.165) is 56.6 Å². The normalized spacial score (nSPS) is 16.0. The third-order valence-electron chi connectivity index (χ3n) is 8.48. The lowest BCUT2D eigenvalue weighted by atomic mass is 9.72. The van der Waals surface area contributed by atoms with Crippen molar-refractivity contribution in [1.82, 2.24) is 0 Å². The number of rotatable bonds is 17. The predicted octanol–water partition coefficient (Wildman–Crippen LogP) is 9.57. The summed E-state index contributed by atoms with van der Waals surface area (Å²) >= 11 is 0. The molecule has 2 atom stereocenters. The number of carbonyl (C=O) groups is 2. The van der Waals surface area contributed by atoms with Crippen molar-refractivity contribution in [3.05, 3.63) is 59.2 Å². The van der Waals surface area contributed by atoms with Gasteiger partial charge >= 0.3 is 11.9 Å². The molecule has 42 heavy (non-hydrogen) atoms. The van der Waals surface area contributed by atoms with Crippen molar-refractivity contribution < 1.29 is 37.3 Å². The molecule has 0 aromatic heterocycles. The highest BCUT2D eigenvalue weighted by Crippen LogP contribution is 2.42. The van der Waals surface area contributed by atoms with Gasteiger partial charge in [0.05, 0.1) is 12.2 Å². The first-order chi connectivity index (χ1) is 20.2. The quantitative estimate of drug-likeness (QED) is 0.113. The average Bonchev–Trinajstić information content (AvgIpc) is 3.00. The van der Waals surface area contributed by atoms with E-state index in [4.69, 9.17) is 9.47 Å². The van der Waals surface area contributed by atoms with Gasteiger partial charge in [0.15, 0.2) is 11.6 Å². The molecule has 1 aliphatic rings. The maximum atomic E-state index is 15.9. The van der Waals surface area contributed by atoms with Crippen LogP contribution in [0.15, 0.2) is 36.4 Å². The van der Waals surface area contributed by atoms with Crippen molar-refractivity contribution in [2.75, 3.05) is 6.61 Å². The van der Waals surface area contributed by atoms with Crippen LogP contribution in [0.25, 0.3) is 0 Å². The van der Waals surface area contributed by atoms with Gasteiger partial charge in [0.25, 0.3) is 0 Å². The molecule has 2 aromatic carbocycles. The number of hydrogen-bond acceptors (Lipinski definition) is 4. The molecule has 8 heteroatoms. The summed E-state index contributed by atoms with van der Waals surface area (Å²) in [5, 5.41) is 9.79. The van der Waals surface area contributed by atoms with Crippen LogP contribution in [0.5, 0.6) is 11.5 Å². The van der Waals surface area contributed by atoms with Crippen LogP contribution in [0, 0.1) is 17.6 Å². The Bertz CT molecular complexity index is 1150. The molecular weight excluding hydrogens is 545 g/mol. The largest absolute Gasteiger partial charge is 0.490 e. The van der Waals surface area contributed by atoms with Crippen LogP contribution in [0.3, 0.4) is 0 Å². The second kappa shape index (κ2) is 16.6. The van der Waals surface area contributed by atoms with Crippen LogP contribution in [-0.2, 0) is 4.79 Å². The number of hydrogen-bond donors (Lipinski definition) is 1. The fraction of sp³-hybridized carbons (Fsp3) is 0.588. The lowest BCUT2D eigenvalue weighted by Crippen LogP contribution is -2.43. The van der Waals surface area contributed by atoms with E-state index in [0.29, 0.717) is 19.3 Å². The molecule has 1 N–H and O–H groups in total. The minimum Gasteiger partial charge on any atom is -0.490 e. The fourth-order valence-electron chi connectivity index (χ4n) is 5.86. The summed E-state index contributed by atoms with van der Waals surface area (Å²) in [6.45, 7) is 4.30. The standard InChI is InChI=1S/C34H45F3O5/c1-3-5-6-7-8-9-13-22-41-29-21-20-28(30(35)31(29)36)32(38)42-27-18-16-25(17-19-27)24(4-2)23-34(37,33(39)40)26-14-11-10-12-15-26/h16-21,24,26H,3-15,22-23H2,1-2H3,(H,39,40)/t24?,34-/m1/s1. The highest BCUT2D eigenvalue weighted by atomic mass is 19.2.